The minimum absolute atomic E-state index is 0.0162. The molecule has 6 heteroatoms. The molecule has 0 saturated heterocycles. The summed E-state index contributed by atoms with van der Waals surface area (Å²) in [6, 6.07) is -0.157. The number of hydrogen-bond acceptors (Lipinski definition) is 4. The van der Waals surface area contributed by atoms with Gasteiger partial charge < -0.3 is 15.0 Å². The van der Waals surface area contributed by atoms with Gasteiger partial charge in [0.2, 0.25) is 0 Å². The molecule has 0 aromatic carbocycles. The number of hydrogen-bond donors (Lipinski definition) is 2. The van der Waals surface area contributed by atoms with Gasteiger partial charge >= 0.3 is 5.97 Å². The monoisotopic (exact) mass is 265 g/mol. The van der Waals surface area contributed by atoms with Gasteiger partial charge in [0.15, 0.2) is 5.82 Å². The van der Waals surface area contributed by atoms with Crippen LogP contribution in [0.1, 0.15) is 39.2 Å². The Bertz CT molecular complexity index is 520. The third-order valence-electron chi connectivity index (χ3n) is 3.33. The third-order valence-corrected chi connectivity index (χ3v) is 3.33. The highest BCUT2D eigenvalue weighted by Gasteiger charge is 2.33. The van der Waals surface area contributed by atoms with Crippen LogP contribution in [0.2, 0.25) is 0 Å². The highest BCUT2D eigenvalue weighted by atomic mass is 16.4. The molecule has 1 aliphatic carbocycles. The van der Waals surface area contributed by atoms with Crippen molar-refractivity contribution in [1.82, 2.24) is 9.55 Å². The van der Waals surface area contributed by atoms with Crippen LogP contribution in [-0.2, 0) is 4.79 Å². The maximum Gasteiger partial charge on any atom is 0.305 e. The average molecular weight is 265 g/mol. The van der Waals surface area contributed by atoms with Gasteiger partial charge in [-0.25, -0.2) is 4.98 Å². The van der Waals surface area contributed by atoms with Crippen molar-refractivity contribution >= 4 is 11.8 Å². The van der Waals surface area contributed by atoms with Gasteiger partial charge in [0, 0.05) is 24.5 Å². The van der Waals surface area contributed by atoms with Crippen molar-refractivity contribution in [3.05, 3.63) is 22.7 Å². The summed E-state index contributed by atoms with van der Waals surface area (Å²) in [7, 11) is 0. The maximum atomic E-state index is 12.2. The van der Waals surface area contributed by atoms with Crippen LogP contribution in [0, 0.1) is 5.92 Å². The van der Waals surface area contributed by atoms with Crippen molar-refractivity contribution < 1.29 is 9.90 Å². The zero-order valence-electron chi connectivity index (χ0n) is 11.2. The molecule has 2 N–H and O–H groups in total. The van der Waals surface area contributed by atoms with Crippen molar-refractivity contribution in [1.29, 1.82) is 0 Å². The van der Waals surface area contributed by atoms with Crippen LogP contribution >= 0.6 is 0 Å². The summed E-state index contributed by atoms with van der Waals surface area (Å²) < 4.78 is 1.58. The fraction of sp³-hybridized carbons (Fsp3) is 0.615. The quantitative estimate of drug-likeness (QED) is 0.814. The molecule has 1 aliphatic rings. The van der Waals surface area contributed by atoms with E-state index in [0.29, 0.717) is 5.92 Å². The van der Waals surface area contributed by atoms with Gasteiger partial charge in [-0.15, -0.1) is 0 Å². The summed E-state index contributed by atoms with van der Waals surface area (Å²) in [5, 5.41) is 11.9. The second kappa shape index (κ2) is 5.42. The molecule has 0 amide bonds. The van der Waals surface area contributed by atoms with Crippen LogP contribution in [0.25, 0.3) is 0 Å². The number of rotatable bonds is 6. The van der Waals surface area contributed by atoms with Crippen molar-refractivity contribution in [3.8, 4) is 0 Å². The third kappa shape index (κ3) is 3.33. The van der Waals surface area contributed by atoms with Crippen molar-refractivity contribution in [2.24, 2.45) is 5.92 Å². The largest absolute Gasteiger partial charge is 0.481 e. The molecular formula is C13H19N3O3. The highest BCUT2D eigenvalue weighted by molar-refractivity contribution is 5.68. The molecule has 19 heavy (non-hydrogen) atoms. The summed E-state index contributed by atoms with van der Waals surface area (Å²) in [6.45, 7) is 3.83. The molecule has 0 spiro atoms. The fourth-order valence-electron chi connectivity index (χ4n) is 2.13. The predicted octanol–water partition coefficient (Wildman–Crippen LogP) is 1.49. The number of aromatic nitrogens is 2. The Labute approximate surface area is 111 Å². The second-order valence-corrected chi connectivity index (χ2v) is 5.27. The lowest BCUT2D eigenvalue weighted by atomic mass is 10.1. The first kappa shape index (κ1) is 13.6. The molecule has 6 nitrogen and oxygen atoms in total. The predicted molar refractivity (Wildman–Crippen MR) is 71.3 cm³/mol. The molecular weight excluding hydrogens is 246 g/mol. The molecule has 0 aliphatic heterocycles. The Morgan fingerprint density at radius 1 is 1.58 bits per heavy atom. The lowest BCUT2D eigenvalue weighted by Crippen LogP contribution is -2.32. The molecule has 1 atom stereocenters. The van der Waals surface area contributed by atoms with E-state index < -0.39 is 5.97 Å². The molecule has 1 aromatic heterocycles. The van der Waals surface area contributed by atoms with Crippen LogP contribution in [0.3, 0.4) is 0 Å². The Morgan fingerprint density at radius 2 is 2.26 bits per heavy atom. The fourth-order valence-corrected chi connectivity index (χ4v) is 2.13. The Kier molecular flexibility index (Phi) is 3.87. The van der Waals surface area contributed by atoms with Crippen LogP contribution in [0.5, 0.6) is 0 Å². The summed E-state index contributed by atoms with van der Waals surface area (Å²) in [6.07, 6.45) is 5.24. The number of nitrogens with one attached hydrogen (secondary N) is 1. The molecule has 1 fully saturated rings. The van der Waals surface area contributed by atoms with Gasteiger partial charge in [-0.05, 0) is 32.6 Å². The van der Waals surface area contributed by atoms with Gasteiger partial charge in [0.05, 0.1) is 6.42 Å². The molecule has 1 saturated carbocycles. The first-order chi connectivity index (χ1) is 8.99. The van der Waals surface area contributed by atoms with E-state index in [1.165, 1.54) is 0 Å². The van der Waals surface area contributed by atoms with E-state index in [1.807, 2.05) is 13.8 Å². The smallest absolute Gasteiger partial charge is 0.305 e. The van der Waals surface area contributed by atoms with E-state index >= 15 is 0 Å². The standard InChI is InChI=1S/C13H19N3O3/c1-8(2)16-6-5-14-12(13(16)19)15-10(7-11(17)18)9-3-4-9/h5-6,8-10H,3-4,7H2,1-2H3,(H,14,15)(H,17,18). The summed E-state index contributed by atoms with van der Waals surface area (Å²) in [5.41, 5.74) is -0.200. The van der Waals surface area contributed by atoms with E-state index in [-0.39, 0.29) is 29.9 Å². The van der Waals surface area contributed by atoms with Crippen molar-refractivity contribution in [2.75, 3.05) is 5.32 Å². The van der Waals surface area contributed by atoms with Crippen LogP contribution in [0.15, 0.2) is 17.2 Å². The van der Waals surface area contributed by atoms with Crippen LogP contribution in [-0.4, -0.2) is 26.7 Å². The first-order valence-electron chi connectivity index (χ1n) is 6.54. The number of carboxylic acid groups (broad SMARTS) is 1. The Morgan fingerprint density at radius 3 is 2.79 bits per heavy atom. The molecule has 1 unspecified atom stereocenters. The van der Waals surface area contributed by atoms with Crippen molar-refractivity contribution in [2.45, 2.75) is 45.2 Å². The summed E-state index contributed by atoms with van der Waals surface area (Å²) >= 11 is 0. The van der Waals surface area contributed by atoms with Gasteiger partial charge in [-0.3, -0.25) is 9.59 Å². The van der Waals surface area contributed by atoms with E-state index in [0.717, 1.165) is 12.8 Å². The SMILES string of the molecule is CC(C)n1ccnc(NC(CC(=O)O)C2CC2)c1=O. The molecule has 104 valence electrons. The minimum Gasteiger partial charge on any atom is -0.481 e. The number of carbonyl (C=O) groups is 1. The van der Waals surface area contributed by atoms with Gasteiger partial charge in [0.1, 0.15) is 0 Å². The van der Waals surface area contributed by atoms with E-state index in [9.17, 15) is 9.59 Å². The van der Waals surface area contributed by atoms with Gasteiger partial charge in [-0.1, -0.05) is 0 Å². The lowest BCUT2D eigenvalue weighted by Gasteiger charge is -2.17. The summed E-state index contributed by atoms with van der Waals surface area (Å²) in [5.74, 6) is -0.274. The van der Waals surface area contributed by atoms with Gasteiger partial charge in [-0.2, -0.15) is 0 Å². The molecule has 0 bridgehead atoms. The molecule has 1 heterocycles. The molecule has 2 rings (SSSR count). The number of anilines is 1. The van der Waals surface area contributed by atoms with E-state index in [4.69, 9.17) is 5.11 Å². The molecule has 1 aromatic rings. The number of carboxylic acids is 1. The molecule has 0 radical (unpaired) electrons. The van der Waals surface area contributed by atoms with E-state index in [2.05, 4.69) is 10.3 Å². The average Bonchev–Trinajstić information content (AvgIpc) is 3.13. The number of aliphatic carboxylic acids is 1. The number of nitrogens with zero attached hydrogens (tertiary/aromatic N) is 2. The normalized spacial score (nSPS) is 16.4. The Balaban J connectivity index is 2.19. The zero-order chi connectivity index (χ0) is 14.0. The van der Waals surface area contributed by atoms with Crippen molar-refractivity contribution in [3.63, 3.8) is 0 Å². The lowest BCUT2D eigenvalue weighted by molar-refractivity contribution is -0.137. The van der Waals surface area contributed by atoms with Gasteiger partial charge in [0.25, 0.3) is 5.56 Å². The second-order valence-electron chi connectivity index (χ2n) is 5.27. The zero-order valence-corrected chi connectivity index (χ0v) is 11.2. The topological polar surface area (TPSA) is 84.2 Å². The Hall–Kier alpha value is -1.85. The summed E-state index contributed by atoms with van der Waals surface area (Å²) in [4.78, 5) is 27.1. The van der Waals surface area contributed by atoms with E-state index in [1.54, 1.807) is 17.0 Å². The first-order valence-corrected chi connectivity index (χ1v) is 6.54. The minimum atomic E-state index is -0.857. The van der Waals surface area contributed by atoms with Crippen LogP contribution < -0.4 is 10.9 Å². The highest BCUT2D eigenvalue weighted by Crippen LogP contribution is 2.35. The van der Waals surface area contributed by atoms with Crippen LogP contribution in [0.4, 0.5) is 5.82 Å². The maximum absolute atomic E-state index is 12.2.